The van der Waals surface area contributed by atoms with E-state index in [0.29, 0.717) is 0 Å². The Morgan fingerprint density at radius 1 is 1.04 bits per heavy atom. The van der Waals surface area contributed by atoms with Gasteiger partial charge < -0.3 is 0 Å². The summed E-state index contributed by atoms with van der Waals surface area (Å²) in [5, 5.41) is 4.26. The van der Waals surface area contributed by atoms with Crippen LogP contribution in [-0.4, -0.2) is 13.3 Å². The molecule has 0 fully saturated rings. The largest absolute Gasteiger partial charge is 4.00 e. The zero-order valence-electron chi connectivity index (χ0n) is 15.4. The first-order valence-corrected chi connectivity index (χ1v) is 10.1. The number of benzene rings is 1. The predicted octanol–water partition coefficient (Wildman–Crippen LogP) is 6.04. The van der Waals surface area contributed by atoms with Crippen molar-refractivity contribution in [2.45, 2.75) is 34.6 Å². The van der Waals surface area contributed by atoms with Gasteiger partial charge in [0.15, 0.2) is 0 Å². The zero-order valence-corrected chi connectivity index (χ0v) is 19.9. The Morgan fingerprint density at radius 2 is 1.65 bits per heavy atom. The van der Waals surface area contributed by atoms with Crippen molar-refractivity contribution in [2.24, 2.45) is 5.41 Å². The van der Waals surface area contributed by atoms with E-state index in [1.165, 1.54) is 32.8 Å². The molecule has 1 aliphatic carbocycles. The first kappa shape index (κ1) is 20.7. The molecule has 0 aliphatic heterocycles. The van der Waals surface area contributed by atoms with E-state index in [9.17, 15) is 0 Å². The van der Waals surface area contributed by atoms with Gasteiger partial charge in [-0.3, -0.25) is 6.08 Å². The number of hydrogen-bond acceptors (Lipinski definition) is 0. The number of fused-ring (bicyclic) bond motifs is 1. The standard InChI is InChI=1S/C11H12P.C10H15.Hf/c1-12(2)11-7-9-5-3-4-6-10(9)8-11;1-7-6-10(4,5)9(3)8(7)2;/h3-8H,1-2H3;1-5H3;/q2*-1;+4. The molecule has 23 heavy (non-hydrogen) atoms. The smallest absolute Gasteiger partial charge is 0.263 e. The van der Waals surface area contributed by atoms with Gasteiger partial charge in [-0.25, -0.2) is 5.57 Å². The summed E-state index contributed by atoms with van der Waals surface area (Å²) in [4.78, 5) is 0. The van der Waals surface area contributed by atoms with E-state index >= 15 is 0 Å². The van der Waals surface area contributed by atoms with Crippen LogP contribution >= 0.6 is 7.92 Å². The molecule has 1 aliphatic rings. The molecule has 3 rings (SSSR count). The molecule has 0 amide bonds. The maximum absolute atomic E-state index is 3.44. The van der Waals surface area contributed by atoms with Crippen molar-refractivity contribution >= 4 is 24.0 Å². The maximum Gasteiger partial charge on any atom is 4.00 e. The monoisotopic (exact) mass is 490 g/mol. The first-order chi connectivity index (χ1) is 10.2. The molecule has 0 N–H and O–H groups in total. The average molecular weight is 489 g/mol. The molecule has 0 saturated carbocycles. The van der Waals surface area contributed by atoms with Gasteiger partial charge in [-0.15, -0.1) is 55.2 Å². The van der Waals surface area contributed by atoms with Crippen molar-refractivity contribution in [3.05, 3.63) is 59.2 Å². The fourth-order valence-electron chi connectivity index (χ4n) is 2.80. The summed E-state index contributed by atoms with van der Waals surface area (Å²) in [6.45, 7) is 15.5. The van der Waals surface area contributed by atoms with Crippen LogP contribution in [0.5, 0.6) is 0 Å². The molecule has 2 heteroatoms. The SMILES string of the molecule is CC1=[C-]C(C)(C)C(C)=C1C.CP(C)c1cc2ccccc2[cH-]1.[Hf+4]. The summed E-state index contributed by atoms with van der Waals surface area (Å²) >= 11 is 0. The minimum atomic E-state index is 0. The molecule has 0 unspecified atom stereocenters. The Morgan fingerprint density at radius 3 is 2.04 bits per heavy atom. The molecule has 0 spiro atoms. The second-order valence-corrected chi connectivity index (χ2v) is 9.17. The van der Waals surface area contributed by atoms with Gasteiger partial charge in [-0.1, -0.05) is 39.2 Å². The Bertz CT molecular complexity index is 696. The van der Waals surface area contributed by atoms with Crippen molar-refractivity contribution in [3.63, 3.8) is 0 Å². The van der Waals surface area contributed by atoms with E-state index < -0.39 is 0 Å². The number of allylic oxidation sites excluding steroid dienone is 4. The van der Waals surface area contributed by atoms with Crippen molar-refractivity contribution in [3.8, 4) is 0 Å². The van der Waals surface area contributed by atoms with Crippen LogP contribution in [0, 0.1) is 11.5 Å². The second kappa shape index (κ2) is 8.13. The quantitative estimate of drug-likeness (QED) is 0.261. The van der Waals surface area contributed by atoms with Gasteiger partial charge in [0, 0.05) is 0 Å². The molecule has 0 radical (unpaired) electrons. The van der Waals surface area contributed by atoms with Gasteiger partial charge in [-0.05, 0) is 13.3 Å². The van der Waals surface area contributed by atoms with Crippen LogP contribution in [0.4, 0.5) is 0 Å². The zero-order chi connectivity index (χ0) is 16.5. The Balaban J connectivity index is 0.000000224. The van der Waals surface area contributed by atoms with E-state index in [4.69, 9.17) is 0 Å². The average Bonchev–Trinajstić information content (AvgIpc) is 2.96. The topological polar surface area (TPSA) is 0 Å². The molecule has 0 saturated heterocycles. The van der Waals surface area contributed by atoms with Crippen molar-refractivity contribution < 1.29 is 25.8 Å². The third-order valence-corrected chi connectivity index (χ3v) is 5.97. The molecule has 2 aromatic carbocycles. The molecule has 0 aromatic heterocycles. The molecule has 118 valence electrons. The molecule has 0 heterocycles. The summed E-state index contributed by atoms with van der Waals surface area (Å²) in [6.07, 6.45) is 3.44. The van der Waals surface area contributed by atoms with Gasteiger partial charge in [-0.2, -0.15) is 17.2 Å². The van der Waals surface area contributed by atoms with E-state index in [1.54, 1.807) is 0 Å². The first-order valence-electron chi connectivity index (χ1n) is 7.85. The Kier molecular flexibility index (Phi) is 7.30. The van der Waals surface area contributed by atoms with Gasteiger partial charge in [0.1, 0.15) is 0 Å². The second-order valence-electron chi connectivity index (χ2n) is 6.86. The summed E-state index contributed by atoms with van der Waals surface area (Å²) in [5.74, 6) is 0. The minimum Gasteiger partial charge on any atom is -0.263 e. The molecule has 0 atom stereocenters. The van der Waals surface area contributed by atoms with Crippen LogP contribution in [0.1, 0.15) is 34.6 Å². The summed E-state index contributed by atoms with van der Waals surface area (Å²) in [7, 11) is 0.0576. The summed E-state index contributed by atoms with van der Waals surface area (Å²) < 4.78 is 0. The molecule has 0 nitrogen and oxygen atoms in total. The van der Waals surface area contributed by atoms with E-state index in [1.807, 2.05) is 0 Å². The van der Waals surface area contributed by atoms with Crippen LogP contribution in [0.25, 0.3) is 10.8 Å². The van der Waals surface area contributed by atoms with Crippen LogP contribution in [0.3, 0.4) is 0 Å². The molecule has 0 bridgehead atoms. The van der Waals surface area contributed by atoms with Crippen molar-refractivity contribution in [2.75, 3.05) is 13.3 Å². The van der Waals surface area contributed by atoms with Gasteiger partial charge in [0.05, 0.1) is 0 Å². The third-order valence-electron chi connectivity index (χ3n) is 4.68. The fourth-order valence-corrected chi connectivity index (χ4v) is 3.59. The number of rotatable bonds is 1. The van der Waals surface area contributed by atoms with E-state index in [-0.39, 0.29) is 39.2 Å². The van der Waals surface area contributed by atoms with E-state index in [2.05, 4.69) is 90.4 Å². The van der Waals surface area contributed by atoms with Gasteiger partial charge in [0.25, 0.3) is 0 Å². The summed E-state index contributed by atoms with van der Waals surface area (Å²) in [5.41, 5.74) is 4.39. The van der Waals surface area contributed by atoms with Crippen LogP contribution in [0.2, 0.25) is 0 Å². The normalized spacial score (nSPS) is 16.1. The minimum absolute atomic E-state index is 0. The van der Waals surface area contributed by atoms with Crippen molar-refractivity contribution in [1.82, 2.24) is 0 Å². The predicted molar refractivity (Wildman–Crippen MR) is 103 cm³/mol. The van der Waals surface area contributed by atoms with E-state index in [0.717, 1.165) is 0 Å². The Labute approximate surface area is 162 Å². The maximum atomic E-state index is 3.44. The third kappa shape index (κ3) is 4.80. The van der Waals surface area contributed by atoms with Crippen molar-refractivity contribution in [1.29, 1.82) is 0 Å². The number of hydrogen-bond donors (Lipinski definition) is 0. The molecular formula is C21H27HfP+2. The Hall–Kier alpha value is -0.390. The van der Waals surface area contributed by atoms with Gasteiger partial charge >= 0.3 is 25.8 Å². The van der Waals surface area contributed by atoms with Crippen LogP contribution in [-0.2, 0) is 25.8 Å². The fraction of sp³-hybridized carbons (Fsp3) is 0.381. The molecule has 2 aromatic rings. The van der Waals surface area contributed by atoms with Crippen LogP contribution < -0.4 is 5.30 Å². The molecular weight excluding hydrogens is 462 g/mol. The summed E-state index contributed by atoms with van der Waals surface area (Å²) in [6, 6.07) is 13.2. The van der Waals surface area contributed by atoms with Crippen LogP contribution in [0.15, 0.2) is 53.1 Å². The van der Waals surface area contributed by atoms with Gasteiger partial charge in [0.2, 0.25) is 0 Å².